The van der Waals surface area contributed by atoms with Crippen LogP contribution in [0.4, 0.5) is 4.79 Å². The van der Waals surface area contributed by atoms with Crippen LogP contribution in [0, 0.1) is 0 Å². The number of rotatable bonds is 7. The van der Waals surface area contributed by atoms with Gasteiger partial charge in [0, 0.05) is 5.02 Å². The van der Waals surface area contributed by atoms with Gasteiger partial charge in [-0.05, 0) is 56.6 Å². The van der Waals surface area contributed by atoms with Crippen LogP contribution in [0.5, 0.6) is 0 Å². The van der Waals surface area contributed by atoms with Crippen molar-refractivity contribution in [2.75, 3.05) is 13.1 Å². The van der Waals surface area contributed by atoms with Crippen molar-refractivity contribution in [2.45, 2.75) is 71.4 Å². The van der Waals surface area contributed by atoms with E-state index in [1.165, 1.54) is 4.90 Å². The van der Waals surface area contributed by atoms with Crippen LogP contribution in [0.3, 0.4) is 0 Å². The van der Waals surface area contributed by atoms with E-state index in [0.717, 1.165) is 5.56 Å². The van der Waals surface area contributed by atoms with Crippen LogP contribution in [-0.2, 0) is 14.0 Å². The molecule has 1 aromatic rings. The van der Waals surface area contributed by atoms with Crippen LogP contribution in [0.15, 0.2) is 24.3 Å². The minimum absolute atomic E-state index is 0.00870. The summed E-state index contributed by atoms with van der Waals surface area (Å²) in [6.07, 6.45) is -0.247. The van der Waals surface area contributed by atoms with E-state index in [4.69, 9.17) is 20.8 Å². The second-order valence-electron chi connectivity index (χ2n) is 9.47. The highest BCUT2D eigenvalue weighted by Crippen LogP contribution is 2.40. The fourth-order valence-electron chi connectivity index (χ4n) is 2.29. The van der Waals surface area contributed by atoms with Gasteiger partial charge in [0.25, 0.3) is 0 Å². The quantitative estimate of drug-likeness (QED) is 0.405. The number of hydrogen-bond donors (Lipinski definition) is 0. The van der Waals surface area contributed by atoms with E-state index < -0.39 is 26.1 Å². The average Bonchev–Trinajstić information content (AvgIpc) is 2.50. The van der Waals surface area contributed by atoms with Crippen molar-refractivity contribution in [2.24, 2.45) is 0 Å². The Bertz CT molecular complexity index is 680. The Hall–Kier alpha value is -1.37. The Morgan fingerprint density at radius 3 is 2.29 bits per heavy atom. The molecule has 0 spiro atoms. The molecule has 1 rings (SSSR count). The molecule has 0 aliphatic carbocycles. The first kappa shape index (κ1) is 24.7. The van der Waals surface area contributed by atoms with Crippen LogP contribution < -0.4 is 0 Å². The Labute approximate surface area is 175 Å². The van der Waals surface area contributed by atoms with Gasteiger partial charge < -0.3 is 14.0 Å². The van der Waals surface area contributed by atoms with Gasteiger partial charge in [-0.1, -0.05) is 44.5 Å². The van der Waals surface area contributed by atoms with Crippen LogP contribution in [0.2, 0.25) is 23.2 Å². The van der Waals surface area contributed by atoms with E-state index in [1.54, 1.807) is 26.8 Å². The number of benzene rings is 1. The SMILES string of the molecule is CC(C)(C)OC(=O)N(CC=O)C[C@@H](O[Si](C)(C)C(C)(C)C)c1cccc(Cl)c1. The molecule has 28 heavy (non-hydrogen) atoms. The molecule has 0 saturated heterocycles. The van der Waals surface area contributed by atoms with Crippen molar-refractivity contribution in [1.82, 2.24) is 4.90 Å². The third-order valence-corrected chi connectivity index (χ3v) is 9.52. The molecule has 0 aliphatic heterocycles. The van der Waals surface area contributed by atoms with Crippen LogP contribution in [0.25, 0.3) is 0 Å². The number of aldehydes is 1. The zero-order valence-electron chi connectivity index (χ0n) is 18.3. The zero-order chi connectivity index (χ0) is 21.8. The molecule has 0 fully saturated rings. The van der Waals surface area contributed by atoms with Gasteiger partial charge >= 0.3 is 6.09 Å². The molecule has 0 saturated carbocycles. The summed E-state index contributed by atoms with van der Waals surface area (Å²) < 4.78 is 12.1. The number of halogens is 1. The van der Waals surface area contributed by atoms with Crippen LogP contribution >= 0.6 is 11.6 Å². The number of carbonyl (C=O) groups is 2. The molecule has 0 heterocycles. The molecule has 0 unspecified atom stereocenters. The molecule has 0 radical (unpaired) electrons. The highest BCUT2D eigenvalue weighted by atomic mass is 35.5. The Morgan fingerprint density at radius 1 is 1.21 bits per heavy atom. The van der Waals surface area contributed by atoms with Gasteiger partial charge in [0.05, 0.1) is 19.2 Å². The van der Waals surface area contributed by atoms with Gasteiger partial charge in [0.1, 0.15) is 11.9 Å². The number of amides is 1. The van der Waals surface area contributed by atoms with E-state index in [2.05, 4.69) is 33.9 Å². The average molecular weight is 428 g/mol. The van der Waals surface area contributed by atoms with E-state index in [9.17, 15) is 9.59 Å². The van der Waals surface area contributed by atoms with Crippen molar-refractivity contribution in [3.63, 3.8) is 0 Å². The molecule has 0 aliphatic rings. The summed E-state index contributed by atoms with van der Waals surface area (Å²) in [5.41, 5.74) is 0.223. The molecule has 158 valence electrons. The molecular formula is C21H34ClNO4Si. The highest BCUT2D eigenvalue weighted by Gasteiger charge is 2.40. The second-order valence-corrected chi connectivity index (χ2v) is 14.7. The molecule has 1 atom stereocenters. The second kappa shape index (κ2) is 9.42. The molecular weight excluding hydrogens is 394 g/mol. The molecule has 0 aromatic heterocycles. The minimum Gasteiger partial charge on any atom is -0.444 e. The first-order valence-corrected chi connectivity index (χ1v) is 12.8. The first-order valence-electron chi connectivity index (χ1n) is 9.51. The fourth-order valence-corrected chi connectivity index (χ4v) is 3.76. The van der Waals surface area contributed by atoms with Crippen LogP contribution in [-0.4, -0.2) is 44.3 Å². The zero-order valence-corrected chi connectivity index (χ0v) is 20.1. The topological polar surface area (TPSA) is 55.8 Å². The summed E-state index contributed by atoms with van der Waals surface area (Å²) in [4.78, 5) is 25.2. The van der Waals surface area contributed by atoms with Gasteiger partial charge in [0.15, 0.2) is 8.32 Å². The lowest BCUT2D eigenvalue weighted by Gasteiger charge is -2.40. The van der Waals surface area contributed by atoms with Crippen LogP contribution in [0.1, 0.15) is 53.2 Å². The highest BCUT2D eigenvalue weighted by molar-refractivity contribution is 6.74. The lowest BCUT2D eigenvalue weighted by atomic mass is 10.1. The lowest BCUT2D eigenvalue weighted by Crippen LogP contribution is -2.46. The first-order chi connectivity index (χ1) is 12.7. The summed E-state index contributed by atoms with van der Waals surface area (Å²) in [5, 5.41) is 0.589. The third kappa shape index (κ3) is 7.57. The summed E-state index contributed by atoms with van der Waals surface area (Å²) in [7, 11) is -2.15. The maximum Gasteiger partial charge on any atom is 0.410 e. The predicted molar refractivity (Wildman–Crippen MR) is 116 cm³/mol. The van der Waals surface area contributed by atoms with Gasteiger partial charge in [-0.25, -0.2) is 4.79 Å². The molecule has 1 aromatic carbocycles. The smallest absolute Gasteiger partial charge is 0.410 e. The summed E-state index contributed by atoms with van der Waals surface area (Å²) in [5.74, 6) is 0. The fraction of sp³-hybridized carbons (Fsp3) is 0.619. The van der Waals surface area contributed by atoms with E-state index in [1.807, 2.05) is 18.2 Å². The molecule has 5 nitrogen and oxygen atoms in total. The number of carbonyl (C=O) groups excluding carboxylic acids is 2. The lowest BCUT2D eigenvalue weighted by molar-refractivity contribution is -0.109. The van der Waals surface area contributed by atoms with E-state index in [0.29, 0.717) is 11.3 Å². The maximum absolute atomic E-state index is 12.6. The van der Waals surface area contributed by atoms with E-state index in [-0.39, 0.29) is 18.1 Å². The van der Waals surface area contributed by atoms with Gasteiger partial charge in [0.2, 0.25) is 0 Å². The standard InChI is InChI=1S/C21H34ClNO4Si/c1-20(2,3)26-19(25)23(12-13-24)15-18(16-10-9-11-17(22)14-16)27-28(7,8)21(4,5)6/h9-11,13-14,18H,12,15H2,1-8H3/t18-/m1/s1. The number of nitrogens with zero attached hydrogens (tertiary/aromatic N) is 1. The Balaban J connectivity index is 3.22. The number of hydrogen-bond acceptors (Lipinski definition) is 4. The minimum atomic E-state index is -2.15. The summed E-state index contributed by atoms with van der Waals surface area (Å²) in [6, 6.07) is 7.42. The Kier molecular flexibility index (Phi) is 8.29. The predicted octanol–water partition coefficient (Wildman–Crippen LogP) is 5.84. The van der Waals surface area contributed by atoms with Crippen molar-refractivity contribution < 1.29 is 18.8 Å². The number of ether oxygens (including phenoxy) is 1. The molecule has 7 heteroatoms. The Morgan fingerprint density at radius 2 is 1.82 bits per heavy atom. The molecule has 0 N–H and O–H groups in total. The van der Waals surface area contributed by atoms with Crippen molar-refractivity contribution in [1.29, 1.82) is 0 Å². The normalized spacial score (nSPS) is 13.8. The largest absolute Gasteiger partial charge is 0.444 e. The van der Waals surface area contributed by atoms with Gasteiger partial charge in [-0.3, -0.25) is 4.90 Å². The van der Waals surface area contributed by atoms with Gasteiger partial charge in [-0.2, -0.15) is 0 Å². The van der Waals surface area contributed by atoms with Crippen molar-refractivity contribution in [3.8, 4) is 0 Å². The summed E-state index contributed by atoms with van der Waals surface area (Å²) in [6.45, 7) is 16.3. The molecule has 1 amide bonds. The van der Waals surface area contributed by atoms with Crippen molar-refractivity contribution in [3.05, 3.63) is 34.9 Å². The monoisotopic (exact) mass is 427 g/mol. The maximum atomic E-state index is 12.6. The van der Waals surface area contributed by atoms with Gasteiger partial charge in [-0.15, -0.1) is 0 Å². The summed E-state index contributed by atoms with van der Waals surface area (Å²) >= 11 is 6.19. The molecule has 0 bridgehead atoms. The third-order valence-electron chi connectivity index (χ3n) is 4.80. The van der Waals surface area contributed by atoms with Crippen molar-refractivity contribution >= 4 is 32.3 Å². The van der Waals surface area contributed by atoms with E-state index >= 15 is 0 Å².